The Morgan fingerprint density at radius 1 is 1.29 bits per heavy atom. The van der Waals surface area contributed by atoms with Crippen molar-refractivity contribution >= 4 is 11.9 Å². The first kappa shape index (κ1) is 14.0. The van der Waals surface area contributed by atoms with Crippen molar-refractivity contribution in [2.75, 3.05) is 6.54 Å². The molecule has 1 N–H and O–H groups in total. The molecule has 2 aliphatic rings. The highest BCUT2D eigenvalue weighted by atomic mass is 19.1. The van der Waals surface area contributed by atoms with Crippen LogP contribution in [0.3, 0.4) is 0 Å². The van der Waals surface area contributed by atoms with Crippen molar-refractivity contribution in [2.45, 2.75) is 31.2 Å². The fourth-order valence-electron chi connectivity index (χ4n) is 2.75. The minimum atomic E-state index is -1.04. The number of hydrogen-bond donors (Lipinski definition) is 1. The summed E-state index contributed by atoms with van der Waals surface area (Å²) in [6.45, 7) is -0.307. The number of nitrogens with zero attached hydrogens (tertiary/aromatic N) is 1. The summed E-state index contributed by atoms with van der Waals surface area (Å²) in [5, 5.41) is 8.87. The maximum Gasteiger partial charge on any atom is 0.323 e. The summed E-state index contributed by atoms with van der Waals surface area (Å²) in [7, 11) is 0. The summed E-state index contributed by atoms with van der Waals surface area (Å²) < 4.78 is 26.6. The average Bonchev–Trinajstić information content (AvgIpc) is 3.27. The van der Waals surface area contributed by atoms with Crippen molar-refractivity contribution in [1.82, 2.24) is 4.90 Å². The van der Waals surface area contributed by atoms with E-state index in [2.05, 4.69) is 0 Å². The van der Waals surface area contributed by atoms with Crippen LogP contribution in [-0.2, 0) is 9.59 Å². The Morgan fingerprint density at radius 2 is 2.00 bits per heavy atom. The molecule has 1 amide bonds. The van der Waals surface area contributed by atoms with Gasteiger partial charge in [0, 0.05) is 18.0 Å². The van der Waals surface area contributed by atoms with E-state index in [1.165, 1.54) is 17.0 Å². The van der Waals surface area contributed by atoms with Crippen LogP contribution in [-0.4, -0.2) is 34.5 Å². The number of rotatable bonds is 5. The monoisotopic (exact) mass is 295 g/mol. The van der Waals surface area contributed by atoms with Gasteiger partial charge in [-0.15, -0.1) is 0 Å². The van der Waals surface area contributed by atoms with Gasteiger partial charge in [0.1, 0.15) is 18.2 Å². The number of carboxylic acid groups (broad SMARTS) is 1. The Hall–Kier alpha value is -1.98. The first-order valence-electron chi connectivity index (χ1n) is 6.94. The fourth-order valence-corrected chi connectivity index (χ4v) is 2.75. The lowest BCUT2D eigenvalue weighted by Gasteiger charge is -2.20. The number of benzene rings is 1. The topological polar surface area (TPSA) is 57.6 Å². The van der Waals surface area contributed by atoms with Gasteiger partial charge in [0.05, 0.1) is 0 Å². The van der Waals surface area contributed by atoms with E-state index in [0.717, 1.165) is 18.9 Å². The molecule has 1 aromatic carbocycles. The van der Waals surface area contributed by atoms with E-state index in [1.54, 1.807) is 0 Å². The smallest absolute Gasteiger partial charge is 0.323 e. The molecule has 0 radical (unpaired) electrons. The highest BCUT2D eigenvalue weighted by Crippen LogP contribution is 2.50. The van der Waals surface area contributed by atoms with Crippen LogP contribution in [0, 0.1) is 17.6 Å². The molecule has 2 saturated carbocycles. The van der Waals surface area contributed by atoms with Gasteiger partial charge in [-0.3, -0.25) is 9.59 Å². The molecule has 0 aromatic heterocycles. The molecule has 21 heavy (non-hydrogen) atoms. The second-order valence-corrected chi connectivity index (χ2v) is 5.71. The number of amides is 1. The highest BCUT2D eigenvalue weighted by Gasteiger charge is 2.49. The van der Waals surface area contributed by atoms with Crippen LogP contribution in [0.4, 0.5) is 8.78 Å². The summed E-state index contributed by atoms with van der Waals surface area (Å²) in [5.41, 5.74) is 0.334. The zero-order valence-electron chi connectivity index (χ0n) is 11.3. The number of halogens is 2. The molecule has 0 spiro atoms. The predicted molar refractivity (Wildman–Crippen MR) is 69.6 cm³/mol. The minimum Gasteiger partial charge on any atom is -0.480 e. The van der Waals surface area contributed by atoms with Crippen LogP contribution in [0.1, 0.15) is 30.7 Å². The van der Waals surface area contributed by atoms with Crippen molar-refractivity contribution < 1.29 is 23.5 Å². The average molecular weight is 295 g/mol. The summed E-state index contributed by atoms with van der Waals surface area (Å²) in [6.07, 6.45) is 2.13. The summed E-state index contributed by atoms with van der Waals surface area (Å²) in [6, 6.07) is 3.36. The van der Waals surface area contributed by atoms with E-state index in [1.807, 2.05) is 0 Å². The molecule has 2 atom stereocenters. The number of carboxylic acids is 1. The Balaban J connectivity index is 1.71. The number of hydrogen-bond acceptors (Lipinski definition) is 2. The maximum absolute atomic E-state index is 13.7. The van der Waals surface area contributed by atoms with Crippen LogP contribution in [0.5, 0.6) is 0 Å². The SMILES string of the molecule is O=C(O)CN(C(=O)[C@@H]1C[C@@H]1c1ccc(F)cc1F)C1CC1. The highest BCUT2D eigenvalue weighted by molar-refractivity contribution is 5.86. The molecule has 0 heterocycles. The lowest BCUT2D eigenvalue weighted by molar-refractivity contribution is -0.145. The Morgan fingerprint density at radius 3 is 2.57 bits per heavy atom. The summed E-state index contributed by atoms with van der Waals surface area (Å²) in [4.78, 5) is 24.6. The molecule has 112 valence electrons. The van der Waals surface area contributed by atoms with Crippen LogP contribution in [0.15, 0.2) is 18.2 Å². The van der Waals surface area contributed by atoms with E-state index in [4.69, 9.17) is 5.11 Å². The van der Waals surface area contributed by atoms with Gasteiger partial charge in [0.15, 0.2) is 0 Å². The van der Waals surface area contributed by atoms with E-state index in [0.29, 0.717) is 12.0 Å². The minimum absolute atomic E-state index is 0.00733. The molecule has 2 fully saturated rings. The van der Waals surface area contributed by atoms with Crippen LogP contribution >= 0.6 is 0 Å². The number of carbonyl (C=O) groups is 2. The Bertz CT molecular complexity index is 601. The summed E-state index contributed by atoms with van der Waals surface area (Å²) in [5.74, 6) is -3.22. The van der Waals surface area contributed by atoms with Crippen molar-refractivity contribution in [2.24, 2.45) is 5.92 Å². The van der Waals surface area contributed by atoms with Gasteiger partial charge >= 0.3 is 5.97 Å². The lowest BCUT2D eigenvalue weighted by atomic mass is 10.1. The van der Waals surface area contributed by atoms with Gasteiger partial charge in [-0.25, -0.2) is 8.78 Å². The van der Waals surface area contributed by atoms with Crippen LogP contribution in [0.25, 0.3) is 0 Å². The van der Waals surface area contributed by atoms with Gasteiger partial charge in [-0.2, -0.15) is 0 Å². The fraction of sp³-hybridized carbons (Fsp3) is 0.467. The molecule has 3 rings (SSSR count). The molecule has 0 aliphatic heterocycles. The quantitative estimate of drug-likeness (QED) is 0.905. The van der Waals surface area contributed by atoms with Gasteiger partial charge in [0.25, 0.3) is 0 Å². The molecule has 2 aliphatic carbocycles. The standard InChI is InChI=1S/C15H15F2NO3/c16-8-1-4-10(13(17)5-8)11-6-12(11)15(21)18(7-14(19)20)9-2-3-9/h1,4-5,9,11-12H,2-3,6-7H2,(H,19,20)/t11-,12-/m1/s1. The Labute approximate surface area is 120 Å². The largest absolute Gasteiger partial charge is 0.480 e. The van der Waals surface area contributed by atoms with Gasteiger partial charge < -0.3 is 10.0 Å². The lowest BCUT2D eigenvalue weighted by Crippen LogP contribution is -2.38. The molecule has 6 heteroatoms. The van der Waals surface area contributed by atoms with E-state index in [9.17, 15) is 18.4 Å². The first-order valence-corrected chi connectivity index (χ1v) is 6.94. The molecule has 0 unspecified atom stereocenters. The van der Waals surface area contributed by atoms with Crippen LogP contribution < -0.4 is 0 Å². The third-order valence-corrected chi connectivity index (χ3v) is 4.05. The van der Waals surface area contributed by atoms with Crippen molar-refractivity contribution in [3.63, 3.8) is 0 Å². The molecule has 0 saturated heterocycles. The van der Waals surface area contributed by atoms with E-state index < -0.39 is 17.6 Å². The predicted octanol–water partition coefficient (Wildman–Crippen LogP) is 2.14. The second kappa shape index (κ2) is 5.09. The normalized spacial score (nSPS) is 23.7. The zero-order chi connectivity index (χ0) is 15.1. The van der Waals surface area contributed by atoms with Gasteiger partial charge in [-0.1, -0.05) is 6.07 Å². The summed E-state index contributed by atoms with van der Waals surface area (Å²) >= 11 is 0. The van der Waals surface area contributed by atoms with Gasteiger partial charge in [0.2, 0.25) is 5.91 Å². The second-order valence-electron chi connectivity index (χ2n) is 5.71. The molecule has 0 bridgehead atoms. The van der Waals surface area contributed by atoms with Crippen molar-refractivity contribution in [3.8, 4) is 0 Å². The Kier molecular flexibility index (Phi) is 3.39. The van der Waals surface area contributed by atoms with Crippen molar-refractivity contribution in [3.05, 3.63) is 35.4 Å². The molecular weight excluding hydrogens is 280 g/mol. The van der Waals surface area contributed by atoms with E-state index in [-0.39, 0.29) is 30.3 Å². The third-order valence-electron chi connectivity index (χ3n) is 4.05. The number of carbonyl (C=O) groups excluding carboxylic acids is 1. The van der Waals surface area contributed by atoms with Crippen molar-refractivity contribution in [1.29, 1.82) is 0 Å². The van der Waals surface area contributed by atoms with Gasteiger partial charge in [-0.05, 0) is 36.8 Å². The maximum atomic E-state index is 13.7. The van der Waals surface area contributed by atoms with E-state index >= 15 is 0 Å². The third kappa shape index (κ3) is 2.89. The van der Waals surface area contributed by atoms with Crippen LogP contribution in [0.2, 0.25) is 0 Å². The first-order chi connectivity index (χ1) is 9.97. The molecule has 4 nitrogen and oxygen atoms in total. The number of aliphatic carboxylic acids is 1. The molecular formula is C15H15F2NO3. The zero-order valence-corrected chi connectivity index (χ0v) is 11.3. The molecule has 1 aromatic rings.